The molecule has 1 rings (SSSR count). The summed E-state index contributed by atoms with van der Waals surface area (Å²) < 4.78 is 0. The Hall–Kier alpha value is -1.68. The molecule has 0 saturated heterocycles. The summed E-state index contributed by atoms with van der Waals surface area (Å²) in [6.45, 7) is 10.6. The molecule has 1 N–H and O–H groups in total. The summed E-state index contributed by atoms with van der Waals surface area (Å²) in [5.41, 5.74) is 1.82. The molecule has 1 aromatic rings. The van der Waals surface area contributed by atoms with E-state index >= 15 is 0 Å². The Labute approximate surface area is 127 Å². The van der Waals surface area contributed by atoms with Crippen molar-refractivity contribution >= 4 is 11.7 Å². The molecular formula is C17H26N2O2. The van der Waals surface area contributed by atoms with Crippen molar-refractivity contribution in [3.63, 3.8) is 0 Å². The maximum absolute atomic E-state index is 12.5. The summed E-state index contributed by atoms with van der Waals surface area (Å²) in [5, 5.41) is 2.86. The van der Waals surface area contributed by atoms with Crippen LogP contribution in [0.3, 0.4) is 0 Å². The third kappa shape index (κ3) is 5.31. The average molecular weight is 290 g/mol. The van der Waals surface area contributed by atoms with Crippen LogP contribution in [-0.4, -0.2) is 41.8 Å². The van der Waals surface area contributed by atoms with Crippen molar-refractivity contribution in [2.24, 2.45) is 0 Å². The van der Waals surface area contributed by atoms with Crippen LogP contribution in [0.5, 0.6) is 0 Å². The molecule has 0 aliphatic rings. The van der Waals surface area contributed by atoms with Crippen LogP contribution in [0.1, 0.15) is 43.6 Å². The van der Waals surface area contributed by atoms with E-state index in [1.165, 1.54) is 0 Å². The molecule has 0 fully saturated rings. The lowest BCUT2D eigenvalue weighted by atomic mass is 10.0. The Morgan fingerprint density at radius 2 is 1.71 bits per heavy atom. The standard InChI is InChI=1S/C17H26N2O2/c1-6-19(11-16(20)18-12(2)3)14(5)17(21)15-9-7-13(4)8-10-15/h7-10,12,14H,6,11H2,1-5H3,(H,18,20). The lowest BCUT2D eigenvalue weighted by Crippen LogP contribution is -2.46. The van der Waals surface area contributed by atoms with Gasteiger partial charge in [0, 0.05) is 11.6 Å². The first-order valence-electron chi connectivity index (χ1n) is 7.49. The van der Waals surface area contributed by atoms with Gasteiger partial charge in [0.05, 0.1) is 12.6 Å². The van der Waals surface area contributed by atoms with E-state index in [9.17, 15) is 9.59 Å². The minimum absolute atomic E-state index is 0.0459. The topological polar surface area (TPSA) is 49.4 Å². The summed E-state index contributed by atoms with van der Waals surface area (Å²) in [6, 6.07) is 7.35. The van der Waals surface area contributed by atoms with Gasteiger partial charge in [-0.05, 0) is 34.2 Å². The maximum atomic E-state index is 12.5. The Bertz CT molecular complexity index is 480. The number of carbonyl (C=O) groups is 2. The number of likely N-dealkylation sites (N-methyl/N-ethyl adjacent to an activating group) is 1. The molecule has 0 heterocycles. The molecule has 4 heteroatoms. The van der Waals surface area contributed by atoms with Crippen molar-refractivity contribution in [3.05, 3.63) is 35.4 Å². The van der Waals surface area contributed by atoms with E-state index in [1.807, 2.05) is 63.8 Å². The maximum Gasteiger partial charge on any atom is 0.234 e. The van der Waals surface area contributed by atoms with E-state index < -0.39 is 0 Å². The van der Waals surface area contributed by atoms with Crippen LogP contribution < -0.4 is 5.32 Å². The third-order valence-corrected chi connectivity index (χ3v) is 3.47. The lowest BCUT2D eigenvalue weighted by Gasteiger charge is -2.26. The molecule has 0 radical (unpaired) electrons. The fourth-order valence-electron chi connectivity index (χ4n) is 2.20. The summed E-state index contributed by atoms with van der Waals surface area (Å²) in [6.07, 6.45) is 0. The monoisotopic (exact) mass is 290 g/mol. The number of benzene rings is 1. The first-order valence-corrected chi connectivity index (χ1v) is 7.49. The van der Waals surface area contributed by atoms with E-state index in [2.05, 4.69) is 5.32 Å². The highest BCUT2D eigenvalue weighted by atomic mass is 16.2. The SMILES string of the molecule is CCN(CC(=O)NC(C)C)C(C)C(=O)c1ccc(C)cc1. The third-order valence-electron chi connectivity index (χ3n) is 3.47. The van der Waals surface area contributed by atoms with E-state index in [1.54, 1.807) is 0 Å². The summed E-state index contributed by atoms with van der Waals surface area (Å²) in [5.74, 6) is 0.00426. The number of nitrogens with zero attached hydrogens (tertiary/aromatic N) is 1. The van der Waals surface area contributed by atoms with Crippen LogP contribution in [0.25, 0.3) is 0 Å². The highest BCUT2D eigenvalue weighted by Gasteiger charge is 2.23. The molecule has 1 unspecified atom stereocenters. The predicted octanol–water partition coefficient (Wildman–Crippen LogP) is 2.41. The van der Waals surface area contributed by atoms with Crippen molar-refractivity contribution < 1.29 is 9.59 Å². The molecular weight excluding hydrogens is 264 g/mol. The Morgan fingerprint density at radius 3 is 2.19 bits per heavy atom. The molecule has 0 aliphatic carbocycles. The van der Waals surface area contributed by atoms with E-state index in [0.717, 1.165) is 5.56 Å². The van der Waals surface area contributed by atoms with E-state index in [4.69, 9.17) is 0 Å². The molecule has 0 aliphatic heterocycles. The van der Waals surface area contributed by atoms with Crippen LogP contribution in [-0.2, 0) is 4.79 Å². The molecule has 116 valence electrons. The number of aryl methyl sites for hydroxylation is 1. The van der Waals surface area contributed by atoms with Gasteiger partial charge < -0.3 is 5.32 Å². The van der Waals surface area contributed by atoms with Gasteiger partial charge in [-0.3, -0.25) is 14.5 Å². The van der Waals surface area contributed by atoms with Crippen LogP contribution in [0, 0.1) is 6.92 Å². The summed E-state index contributed by atoms with van der Waals surface area (Å²) in [7, 11) is 0. The summed E-state index contributed by atoms with van der Waals surface area (Å²) in [4.78, 5) is 26.2. The molecule has 0 bridgehead atoms. The van der Waals surface area contributed by atoms with Crippen LogP contribution in [0.15, 0.2) is 24.3 Å². The molecule has 1 aromatic carbocycles. The van der Waals surface area contributed by atoms with Gasteiger partial charge >= 0.3 is 0 Å². The molecule has 21 heavy (non-hydrogen) atoms. The predicted molar refractivity (Wildman–Crippen MR) is 85.5 cm³/mol. The normalized spacial score (nSPS) is 12.5. The number of carbonyl (C=O) groups excluding carboxylic acids is 2. The number of ketones is 1. The van der Waals surface area contributed by atoms with Crippen molar-refractivity contribution in [2.75, 3.05) is 13.1 Å². The number of Topliss-reactive ketones (excluding diaryl/α,β-unsaturated/α-hetero) is 1. The molecule has 4 nitrogen and oxygen atoms in total. The zero-order valence-electron chi connectivity index (χ0n) is 13.6. The van der Waals surface area contributed by atoms with Crippen LogP contribution in [0.2, 0.25) is 0 Å². The van der Waals surface area contributed by atoms with Gasteiger partial charge in [-0.2, -0.15) is 0 Å². The van der Waals surface area contributed by atoms with Gasteiger partial charge in [-0.1, -0.05) is 36.8 Å². The summed E-state index contributed by atoms with van der Waals surface area (Å²) >= 11 is 0. The fourth-order valence-corrected chi connectivity index (χ4v) is 2.20. The van der Waals surface area contributed by atoms with Gasteiger partial charge in [0.25, 0.3) is 0 Å². The quantitative estimate of drug-likeness (QED) is 0.785. The Balaban J connectivity index is 2.73. The minimum Gasteiger partial charge on any atom is -0.353 e. The second-order valence-corrected chi connectivity index (χ2v) is 5.69. The molecule has 1 atom stereocenters. The van der Waals surface area contributed by atoms with Gasteiger partial charge in [0.15, 0.2) is 5.78 Å². The van der Waals surface area contributed by atoms with Crippen LogP contribution in [0.4, 0.5) is 0 Å². The smallest absolute Gasteiger partial charge is 0.234 e. The fraction of sp³-hybridized carbons (Fsp3) is 0.529. The molecule has 1 amide bonds. The second kappa shape index (κ2) is 7.93. The highest BCUT2D eigenvalue weighted by Crippen LogP contribution is 2.10. The van der Waals surface area contributed by atoms with Gasteiger partial charge in [0.2, 0.25) is 5.91 Å². The van der Waals surface area contributed by atoms with Crippen molar-refractivity contribution in [3.8, 4) is 0 Å². The van der Waals surface area contributed by atoms with E-state index in [-0.39, 0.29) is 30.3 Å². The number of rotatable bonds is 7. The molecule has 0 saturated carbocycles. The largest absolute Gasteiger partial charge is 0.353 e. The average Bonchev–Trinajstić information content (AvgIpc) is 2.43. The van der Waals surface area contributed by atoms with Crippen molar-refractivity contribution in [1.29, 1.82) is 0 Å². The molecule has 0 aromatic heterocycles. The van der Waals surface area contributed by atoms with Gasteiger partial charge in [-0.25, -0.2) is 0 Å². The highest BCUT2D eigenvalue weighted by molar-refractivity contribution is 6.00. The Kier molecular flexibility index (Phi) is 6.56. The lowest BCUT2D eigenvalue weighted by molar-refractivity contribution is -0.122. The zero-order chi connectivity index (χ0) is 16.0. The molecule has 0 spiro atoms. The van der Waals surface area contributed by atoms with Crippen LogP contribution >= 0.6 is 0 Å². The minimum atomic E-state index is -0.310. The second-order valence-electron chi connectivity index (χ2n) is 5.69. The number of nitrogens with one attached hydrogen (secondary N) is 1. The Morgan fingerprint density at radius 1 is 1.14 bits per heavy atom. The van der Waals surface area contributed by atoms with E-state index in [0.29, 0.717) is 12.1 Å². The zero-order valence-corrected chi connectivity index (χ0v) is 13.6. The van der Waals surface area contributed by atoms with Gasteiger partial charge in [-0.15, -0.1) is 0 Å². The number of hydrogen-bond donors (Lipinski definition) is 1. The van der Waals surface area contributed by atoms with Crippen molar-refractivity contribution in [1.82, 2.24) is 10.2 Å². The first kappa shape index (κ1) is 17.4. The number of amides is 1. The van der Waals surface area contributed by atoms with Gasteiger partial charge in [0.1, 0.15) is 0 Å². The van der Waals surface area contributed by atoms with Crippen molar-refractivity contribution in [2.45, 2.75) is 46.7 Å². The first-order chi connectivity index (χ1) is 9.85. The number of hydrogen-bond acceptors (Lipinski definition) is 3.